The van der Waals surface area contributed by atoms with Gasteiger partial charge < -0.3 is 10.6 Å². The van der Waals surface area contributed by atoms with Gasteiger partial charge in [0, 0.05) is 17.8 Å². The van der Waals surface area contributed by atoms with Crippen molar-refractivity contribution >= 4 is 34.0 Å². The van der Waals surface area contributed by atoms with Gasteiger partial charge in [0.1, 0.15) is 0 Å². The third-order valence-electron chi connectivity index (χ3n) is 4.45. The second-order valence-electron chi connectivity index (χ2n) is 6.40. The number of hydrogen-bond acceptors (Lipinski definition) is 4. The molecule has 0 aromatic heterocycles. The molecule has 1 fully saturated rings. The fourth-order valence-electron chi connectivity index (χ4n) is 2.96. The normalized spacial score (nSPS) is 16.4. The summed E-state index contributed by atoms with van der Waals surface area (Å²) in [5.41, 5.74) is 0.948. The zero-order valence-electron chi connectivity index (χ0n) is 14.9. The van der Waals surface area contributed by atoms with E-state index in [4.69, 9.17) is 0 Å². The van der Waals surface area contributed by atoms with E-state index >= 15 is 0 Å². The lowest BCUT2D eigenvalue weighted by Crippen LogP contribution is -2.26. The van der Waals surface area contributed by atoms with Gasteiger partial charge in [0.2, 0.25) is 0 Å². The molecule has 146 valence electrons. The molecule has 0 saturated carbocycles. The Morgan fingerprint density at radius 1 is 1.07 bits per heavy atom. The number of carbonyl (C=O) groups is 1. The van der Waals surface area contributed by atoms with Crippen LogP contribution in [0.15, 0.2) is 59.5 Å². The largest absolute Gasteiger partial charge is 0.352 e. The number of nitrogens with one attached hydrogen (secondary N) is 3. The summed E-state index contributed by atoms with van der Waals surface area (Å²) in [4.78, 5) is 12.3. The maximum Gasteiger partial charge on any atom is 0.261 e. The van der Waals surface area contributed by atoms with E-state index in [0.29, 0.717) is 23.7 Å². The summed E-state index contributed by atoms with van der Waals surface area (Å²) in [6.45, 7) is 2.68. The lowest BCUT2D eigenvalue weighted by molar-refractivity contribution is 0.0951. The number of sulfonamides is 1. The van der Waals surface area contributed by atoms with Crippen LogP contribution in [0.3, 0.4) is 0 Å². The summed E-state index contributed by atoms with van der Waals surface area (Å²) in [6.07, 6.45) is 2.10. The second kappa shape index (κ2) is 9.73. The molecule has 2 aromatic carbocycles. The predicted molar refractivity (Wildman–Crippen MR) is 109 cm³/mol. The first-order chi connectivity index (χ1) is 12.5. The van der Waals surface area contributed by atoms with Gasteiger partial charge in [-0.3, -0.25) is 9.52 Å². The molecule has 27 heavy (non-hydrogen) atoms. The standard InChI is InChI=1S/C19H23N3O3S.ClH/c23-19(21-13-11-15-10-12-20-14-15)16-6-8-18(9-7-16)26(24,25)22-17-4-2-1-3-5-17;/h1-9,15,20,22H,10-14H2,(H,21,23);1H. The molecule has 0 radical (unpaired) electrons. The molecule has 6 nitrogen and oxygen atoms in total. The molecule has 1 unspecified atom stereocenters. The average molecular weight is 410 g/mol. The van der Waals surface area contributed by atoms with Crippen molar-refractivity contribution in [3.63, 3.8) is 0 Å². The van der Waals surface area contributed by atoms with Crippen molar-refractivity contribution in [3.05, 3.63) is 60.2 Å². The fourth-order valence-corrected chi connectivity index (χ4v) is 4.02. The van der Waals surface area contributed by atoms with Crippen LogP contribution in [-0.2, 0) is 10.0 Å². The van der Waals surface area contributed by atoms with Gasteiger partial charge >= 0.3 is 0 Å². The molecule has 1 atom stereocenters. The third-order valence-corrected chi connectivity index (χ3v) is 5.85. The molecule has 0 bridgehead atoms. The van der Waals surface area contributed by atoms with Crippen LogP contribution in [0.4, 0.5) is 5.69 Å². The fraction of sp³-hybridized carbons (Fsp3) is 0.316. The minimum absolute atomic E-state index is 0. The summed E-state index contributed by atoms with van der Waals surface area (Å²) in [5, 5.41) is 6.20. The maximum absolute atomic E-state index is 12.4. The number of para-hydroxylation sites is 1. The first-order valence-electron chi connectivity index (χ1n) is 8.71. The van der Waals surface area contributed by atoms with Crippen LogP contribution in [0.25, 0.3) is 0 Å². The summed E-state index contributed by atoms with van der Waals surface area (Å²) in [7, 11) is -3.67. The Labute approximate surface area is 166 Å². The number of hydrogen-bond donors (Lipinski definition) is 3. The van der Waals surface area contributed by atoms with Crippen LogP contribution in [0.1, 0.15) is 23.2 Å². The van der Waals surface area contributed by atoms with Gasteiger partial charge in [0.05, 0.1) is 4.90 Å². The van der Waals surface area contributed by atoms with Crippen LogP contribution in [0, 0.1) is 5.92 Å². The van der Waals surface area contributed by atoms with Crippen molar-refractivity contribution in [1.82, 2.24) is 10.6 Å². The zero-order chi connectivity index (χ0) is 18.4. The van der Waals surface area contributed by atoms with Gasteiger partial charge in [0.25, 0.3) is 15.9 Å². The summed E-state index contributed by atoms with van der Waals surface area (Å²) in [6, 6.07) is 14.6. The molecule has 1 saturated heterocycles. The predicted octanol–water partition coefficient (Wildman–Crippen LogP) is 2.64. The Hall–Kier alpha value is -2.09. The Morgan fingerprint density at radius 2 is 1.78 bits per heavy atom. The van der Waals surface area contributed by atoms with Crippen molar-refractivity contribution in [2.45, 2.75) is 17.7 Å². The van der Waals surface area contributed by atoms with E-state index in [1.807, 2.05) is 6.07 Å². The third kappa shape index (κ3) is 5.95. The van der Waals surface area contributed by atoms with Crippen LogP contribution in [-0.4, -0.2) is 34.0 Å². The molecule has 0 spiro atoms. The molecular formula is C19H24ClN3O3S. The van der Waals surface area contributed by atoms with E-state index < -0.39 is 10.0 Å². The first-order valence-corrected chi connectivity index (χ1v) is 10.2. The number of benzene rings is 2. The van der Waals surface area contributed by atoms with Crippen LogP contribution in [0.2, 0.25) is 0 Å². The molecule has 1 amide bonds. The summed E-state index contributed by atoms with van der Waals surface area (Å²) in [5.74, 6) is 0.433. The van der Waals surface area contributed by atoms with Crippen molar-refractivity contribution in [2.24, 2.45) is 5.92 Å². The number of halogens is 1. The van der Waals surface area contributed by atoms with Gasteiger partial charge in [-0.2, -0.15) is 0 Å². The summed E-state index contributed by atoms with van der Waals surface area (Å²) >= 11 is 0. The highest BCUT2D eigenvalue weighted by molar-refractivity contribution is 7.92. The van der Waals surface area contributed by atoms with Gasteiger partial charge in [-0.05, 0) is 68.2 Å². The highest BCUT2D eigenvalue weighted by Crippen LogP contribution is 2.16. The Morgan fingerprint density at radius 3 is 2.41 bits per heavy atom. The Balaban J connectivity index is 0.00000261. The van der Waals surface area contributed by atoms with Crippen molar-refractivity contribution in [3.8, 4) is 0 Å². The lowest BCUT2D eigenvalue weighted by atomic mass is 10.1. The smallest absolute Gasteiger partial charge is 0.261 e. The van der Waals surface area contributed by atoms with E-state index in [9.17, 15) is 13.2 Å². The molecular weight excluding hydrogens is 386 g/mol. The Bertz CT molecular complexity index is 836. The highest BCUT2D eigenvalue weighted by atomic mass is 35.5. The molecule has 3 rings (SSSR count). The van der Waals surface area contributed by atoms with Crippen molar-refractivity contribution < 1.29 is 13.2 Å². The maximum atomic E-state index is 12.4. The molecule has 8 heteroatoms. The monoisotopic (exact) mass is 409 g/mol. The van der Waals surface area contributed by atoms with E-state index in [-0.39, 0.29) is 23.2 Å². The van der Waals surface area contributed by atoms with E-state index in [1.165, 1.54) is 24.3 Å². The lowest BCUT2D eigenvalue weighted by Gasteiger charge is -2.10. The molecule has 1 aliphatic rings. The van der Waals surface area contributed by atoms with Crippen molar-refractivity contribution in [2.75, 3.05) is 24.4 Å². The number of rotatable bonds is 7. The average Bonchev–Trinajstić information content (AvgIpc) is 3.16. The van der Waals surface area contributed by atoms with Gasteiger partial charge in [-0.15, -0.1) is 12.4 Å². The first kappa shape index (κ1) is 21.2. The Kier molecular flexibility index (Phi) is 7.65. The van der Waals surface area contributed by atoms with E-state index in [1.54, 1.807) is 24.3 Å². The second-order valence-corrected chi connectivity index (χ2v) is 8.08. The topological polar surface area (TPSA) is 87.3 Å². The zero-order valence-corrected chi connectivity index (χ0v) is 16.5. The molecule has 1 aliphatic heterocycles. The molecule has 0 aliphatic carbocycles. The van der Waals surface area contributed by atoms with E-state index in [0.717, 1.165) is 25.9 Å². The number of amides is 1. The van der Waals surface area contributed by atoms with Crippen molar-refractivity contribution in [1.29, 1.82) is 0 Å². The quantitative estimate of drug-likeness (QED) is 0.656. The van der Waals surface area contributed by atoms with Crippen LogP contribution < -0.4 is 15.4 Å². The van der Waals surface area contributed by atoms with E-state index in [2.05, 4.69) is 15.4 Å². The SMILES string of the molecule is Cl.O=C(NCCC1CCNC1)c1ccc(S(=O)(=O)Nc2ccccc2)cc1. The molecule has 1 heterocycles. The highest BCUT2D eigenvalue weighted by Gasteiger charge is 2.16. The van der Waals surface area contributed by atoms with Gasteiger partial charge in [-0.25, -0.2) is 8.42 Å². The number of anilines is 1. The van der Waals surface area contributed by atoms with Crippen LogP contribution in [0.5, 0.6) is 0 Å². The molecule has 3 N–H and O–H groups in total. The minimum atomic E-state index is -3.67. The minimum Gasteiger partial charge on any atom is -0.352 e. The van der Waals surface area contributed by atoms with Gasteiger partial charge in [-0.1, -0.05) is 18.2 Å². The summed E-state index contributed by atoms with van der Waals surface area (Å²) < 4.78 is 27.3. The van der Waals surface area contributed by atoms with Crippen LogP contribution >= 0.6 is 12.4 Å². The number of carbonyl (C=O) groups excluding carboxylic acids is 1. The van der Waals surface area contributed by atoms with Gasteiger partial charge in [0.15, 0.2) is 0 Å². The molecule has 2 aromatic rings.